The Morgan fingerprint density at radius 3 is 2.68 bits per heavy atom. The van der Waals surface area contributed by atoms with Crippen LogP contribution in [0.2, 0.25) is 0 Å². The highest BCUT2D eigenvalue weighted by Gasteiger charge is 2.56. The highest BCUT2D eigenvalue weighted by Crippen LogP contribution is 2.57. The zero-order chi connectivity index (χ0) is 26.9. The van der Waals surface area contributed by atoms with Crippen LogP contribution in [-0.2, 0) is 17.6 Å². The van der Waals surface area contributed by atoms with Crippen molar-refractivity contribution >= 4 is 0 Å². The van der Waals surface area contributed by atoms with Crippen LogP contribution in [0.4, 0.5) is 0 Å². The molecule has 0 radical (unpaired) electrons. The minimum absolute atomic E-state index is 0.0238. The van der Waals surface area contributed by atoms with Crippen molar-refractivity contribution in [2.75, 3.05) is 34.4 Å². The maximum Gasteiger partial charge on any atom is 0.231 e. The number of phenols is 1. The van der Waals surface area contributed by atoms with Gasteiger partial charge >= 0.3 is 0 Å². The Hall–Kier alpha value is -3.03. The Morgan fingerprint density at radius 1 is 1.16 bits per heavy atom. The monoisotopic (exact) mass is 509 g/mol. The largest absolute Gasteiger partial charge is 0.507 e. The third-order valence-electron chi connectivity index (χ3n) is 8.91. The molecule has 0 spiro atoms. The molecule has 2 N–H and O–H groups in total. The smallest absolute Gasteiger partial charge is 0.231 e. The Bertz CT molecular complexity index is 1340. The number of hydrogen-bond acceptors (Lipinski definition) is 9. The number of nitrogens with zero attached hydrogens (tertiary/aromatic N) is 3. The second-order valence-corrected chi connectivity index (χ2v) is 10.6. The number of phenolic OH excluding ortho intramolecular Hbond substituents is 1. The molecule has 0 aliphatic carbocycles. The van der Waals surface area contributed by atoms with Gasteiger partial charge in [0.15, 0.2) is 18.3 Å². The fourth-order valence-corrected chi connectivity index (χ4v) is 7.15. The van der Waals surface area contributed by atoms with Crippen LogP contribution >= 0.6 is 0 Å². The first-order valence-electron chi connectivity index (χ1n) is 13.1. The zero-order valence-electron chi connectivity index (χ0n) is 22.8. The second kappa shape index (κ2) is 8.77. The van der Waals surface area contributed by atoms with E-state index in [0.29, 0.717) is 29.9 Å². The molecule has 2 aromatic rings. The third-order valence-corrected chi connectivity index (χ3v) is 8.91. The SMILES string of the molecule is [3H]OC[C@H]1c2c(c(O)c(C)c3c2OCO3)CC2[C@H]3c4c(cc(C)c(C)c4OCOC)C[C@@H]([C@H](C#N)N21)N3C. The number of rotatable bonds is 5. The van der Waals surface area contributed by atoms with Gasteiger partial charge in [0, 0.05) is 41.4 Å². The highest BCUT2D eigenvalue weighted by atomic mass is 16.7. The number of hydrogen-bond donors (Lipinski definition) is 2. The summed E-state index contributed by atoms with van der Waals surface area (Å²) in [7, 11) is 3.68. The molecule has 1 unspecified atom stereocenters. The molecule has 5 atom stereocenters. The van der Waals surface area contributed by atoms with Gasteiger partial charge in [0.25, 0.3) is 0 Å². The summed E-state index contributed by atoms with van der Waals surface area (Å²) in [4.78, 5) is 4.49. The van der Waals surface area contributed by atoms with E-state index in [0.717, 1.165) is 33.6 Å². The van der Waals surface area contributed by atoms with E-state index in [2.05, 4.69) is 42.8 Å². The first kappa shape index (κ1) is 23.1. The lowest BCUT2D eigenvalue weighted by Crippen LogP contribution is -2.68. The molecule has 4 aliphatic rings. The van der Waals surface area contributed by atoms with Gasteiger partial charge < -0.3 is 29.2 Å². The summed E-state index contributed by atoms with van der Waals surface area (Å²) in [6.45, 7) is 6.19. The van der Waals surface area contributed by atoms with Crippen molar-refractivity contribution in [3.63, 3.8) is 0 Å². The van der Waals surface area contributed by atoms with Crippen LogP contribution < -0.4 is 14.2 Å². The van der Waals surface area contributed by atoms with E-state index in [4.69, 9.17) is 25.5 Å². The van der Waals surface area contributed by atoms with E-state index in [1.54, 1.807) is 7.11 Å². The Kier molecular flexibility index (Phi) is 5.48. The quantitative estimate of drug-likeness (QED) is 0.588. The van der Waals surface area contributed by atoms with Gasteiger partial charge in [-0.25, -0.2) is 0 Å². The van der Waals surface area contributed by atoms with Gasteiger partial charge in [-0.1, -0.05) is 6.07 Å². The molecule has 0 saturated carbocycles. The van der Waals surface area contributed by atoms with Crippen molar-refractivity contribution in [3.8, 4) is 29.1 Å². The topological polar surface area (TPSA) is 108 Å². The van der Waals surface area contributed by atoms with Crippen LogP contribution in [-0.4, -0.2) is 73.9 Å². The predicted molar refractivity (Wildman–Crippen MR) is 134 cm³/mol. The van der Waals surface area contributed by atoms with Gasteiger partial charge in [-0.3, -0.25) is 9.80 Å². The Labute approximate surface area is 218 Å². The number of fused-ring (bicyclic) bond motifs is 9. The summed E-state index contributed by atoms with van der Waals surface area (Å²) in [5, 5.41) is 26.9. The van der Waals surface area contributed by atoms with Crippen molar-refractivity contribution in [2.45, 2.75) is 63.8 Å². The number of aryl methyl sites for hydroxylation is 1. The van der Waals surface area contributed by atoms with Gasteiger partial charge in [0.2, 0.25) is 8.22 Å². The highest BCUT2D eigenvalue weighted by molar-refractivity contribution is 5.66. The lowest BCUT2D eigenvalue weighted by Gasteiger charge is -2.59. The van der Waals surface area contributed by atoms with E-state index in [-0.39, 0.29) is 44.1 Å². The molecule has 4 heterocycles. The molecule has 37 heavy (non-hydrogen) atoms. The average molecular weight is 510 g/mol. The number of aliphatic hydroxyl groups is 1. The van der Waals surface area contributed by atoms with Crippen molar-refractivity contribution in [3.05, 3.63) is 45.0 Å². The molecular formula is C28H33N3O6. The van der Waals surface area contributed by atoms with Crippen LogP contribution in [0.1, 0.15) is 51.0 Å². The normalized spacial score (nSPS) is 28.1. The maximum absolute atomic E-state index is 11.4. The fourth-order valence-electron chi connectivity index (χ4n) is 7.15. The summed E-state index contributed by atoms with van der Waals surface area (Å²) in [6.07, 6.45) is 1.18. The molecule has 4 aliphatic heterocycles. The van der Waals surface area contributed by atoms with Crippen molar-refractivity contribution in [1.29, 1.82) is 6.69 Å². The second-order valence-electron chi connectivity index (χ2n) is 10.6. The van der Waals surface area contributed by atoms with Gasteiger partial charge in [-0.05, 0) is 57.4 Å². The molecule has 0 amide bonds. The predicted octanol–water partition coefficient (Wildman–Crippen LogP) is 2.79. The van der Waals surface area contributed by atoms with E-state index >= 15 is 0 Å². The number of ether oxygens (including phenoxy) is 4. The molecule has 1 fully saturated rings. The molecule has 9 heteroatoms. The van der Waals surface area contributed by atoms with Gasteiger partial charge in [-0.2, -0.15) is 5.26 Å². The fraction of sp³-hybridized carbons (Fsp3) is 0.536. The zero-order valence-corrected chi connectivity index (χ0v) is 21.8. The third kappa shape index (κ3) is 3.23. The number of piperazine rings is 1. The number of aromatic hydroxyl groups is 1. The van der Waals surface area contributed by atoms with Crippen LogP contribution in [0.25, 0.3) is 0 Å². The average Bonchev–Trinajstić information content (AvgIpc) is 3.39. The van der Waals surface area contributed by atoms with Crippen molar-refractivity contribution < 1.29 is 29.2 Å². The van der Waals surface area contributed by atoms with Gasteiger partial charge in [0.05, 0.1) is 24.8 Å². The summed E-state index contributed by atoms with van der Waals surface area (Å²) >= 11 is 0. The number of aliphatic hydroxyl groups excluding tert-OH is 1. The minimum Gasteiger partial charge on any atom is -0.507 e. The number of nitriles is 1. The summed E-state index contributed by atoms with van der Waals surface area (Å²) < 4.78 is 30.8. The first-order valence-corrected chi connectivity index (χ1v) is 12.7. The number of likely N-dealkylation sites (N-methyl/N-ethyl adjacent to an activating group) is 1. The van der Waals surface area contributed by atoms with Crippen LogP contribution in [0.3, 0.4) is 0 Å². The van der Waals surface area contributed by atoms with Gasteiger partial charge in [0.1, 0.15) is 17.5 Å². The molecule has 2 bridgehead atoms. The Morgan fingerprint density at radius 2 is 1.95 bits per heavy atom. The van der Waals surface area contributed by atoms with E-state index in [1.807, 2.05) is 6.92 Å². The molecule has 9 nitrogen and oxygen atoms in total. The molecule has 6 rings (SSSR count). The molecular weight excluding hydrogens is 474 g/mol. The first-order chi connectivity index (χ1) is 18.3. The molecule has 1 saturated heterocycles. The van der Waals surface area contributed by atoms with Crippen LogP contribution in [0.5, 0.6) is 23.0 Å². The molecule has 2 aromatic carbocycles. The van der Waals surface area contributed by atoms with Crippen molar-refractivity contribution in [2.24, 2.45) is 0 Å². The lowest BCUT2D eigenvalue weighted by atomic mass is 9.71. The summed E-state index contributed by atoms with van der Waals surface area (Å²) in [5.41, 5.74) is 6.62. The summed E-state index contributed by atoms with van der Waals surface area (Å²) in [5.74, 6) is 2.08. The number of methoxy groups -OCH3 is 1. The maximum atomic E-state index is 11.4. The number of benzene rings is 2. The lowest BCUT2D eigenvalue weighted by molar-refractivity contribution is -0.0831. The van der Waals surface area contributed by atoms with E-state index < -0.39 is 12.1 Å². The minimum atomic E-state index is -0.469. The van der Waals surface area contributed by atoms with E-state index in [1.165, 1.54) is 5.56 Å². The molecule has 196 valence electrons. The summed E-state index contributed by atoms with van der Waals surface area (Å²) in [6, 6.07) is 3.49. The van der Waals surface area contributed by atoms with Gasteiger partial charge in [-0.15, -0.1) is 0 Å². The van der Waals surface area contributed by atoms with E-state index in [9.17, 15) is 10.4 Å². The van der Waals surface area contributed by atoms with Crippen LogP contribution in [0, 0.1) is 32.1 Å². The van der Waals surface area contributed by atoms with Crippen molar-refractivity contribution in [1.82, 2.24) is 9.80 Å². The Balaban J connectivity index is 1.60. The molecule has 0 aromatic heterocycles. The standard InChI is InChI=1S/C28H33N3O6/c1-13-6-16-7-18-20(9-29)31-19(24(30(18)4)22(16)26(14(13)2)35-11-34-5)8-17-23(21(31)10-32)28-27(36-12-37-28)15(3)25(17)33/h6,18-21,24,32-33H,7-8,10-12H2,1-5H3/t18-,19?,20-,21-,24-/m0/s1/i32T. The van der Waals surface area contributed by atoms with Crippen LogP contribution in [0.15, 0.2) is 6.07 Å².